The molecule has 0 saturated heterocycles. The standard InChI is InChI=1S/C17H17NO8/c1-22-13-9-11(18(20)21)5-6-12(13)26-17(19)10-7-14(23-2)16(25-4)15(8-10)24-3/h5-9H,1-4H3. The molecule has 0 radical (unpaired) electrons. The molecular formula is C17H17NO8. The highest BCUT2D eigenvalue weighted by Crippen LogP contribution is 2.39. The fourth-order valence-corrected chi connectivity index (χ4v) is 2.21. The summed E-state index contributed by atoms with van der Waals surface area (Å²) in [5.41, 5.74) is -0.0469. The molecule has 0 aromatic heterocycles. The van der Waals surface area contributed by atoms with Gasteiger partial charge >= 0.3 is 5.97 Å². The average molecular weight is 363 g/mol. The maximum atomic E-state index is 12.5. The SMILES string of the molecule is COc1cc([N+](=O)[O-])ccc1OC(=O)c1cc(OC)c(OC)c(OC)c1. The zero-order valence-electron chi connectivity index (χ0n) is 14.6. The lowest BCUT2D eigenvalue weighted by molar-refractivity contribution is -0.384. The summed E-state index contributed by atoms with van der Waals surface area (Å²) >= 11 is 0. The molecule has 0 aliphatic carbocycles. The van der Waals surface area contributed by atoms with Crippen LogP contribution in [0.15, 0.2) is 30.3 Å². The number of hydrogen-bond donors (Lipinski definition) is 0. The van der Waals surface area contributed by atoms with E-state index in [4.69, 9.17) is 23.7 Å². The van der Waals surface area contributed by atoms with E-state index >= 15 is 0 Å². The molecule has 0 N–H and O–H groups in total. The van der Waals surface area contributed by atoms with E-state index in [2.05, 4.69) is 0 Å². The monoisotopic (exact) mass is 363 g/mol. The van der Waals surface area contributed by atoms with Crippen molar-refractivity contribution in [2.24, 2.45) is 0 Å². The molecule has 0 aliphatic heterocycles. The second-order valence-electron chi connectivity index (χ2n) is 4.90. The van der Waals surface area contributed by atoms with Crippen molar-refractivity contribution in [3.05, 3.63) is 46.0 Å². The Hall–Kier alpha value is -3.49. The first kappa shape index (κ1) is 18.8. The zero-order chi connectivity index (χ0) is 19.3. The van der Waals surface area contributed by atoms with Gasteiger partial charge in [-0.15, -0.1) is 0 Å². The lowest BCUT2D eigenvalue weighted by Gasteiger charge is -2.14. The van der Waals surface area contributed by atoms with Gasteiger partial charge in [-0.05, 0) is 18.2 Å². The van der Waals surface area contributed by atoms with Crippen LogP contribution in [-0.4, -0.2) is 39.3 Å². The van der Waals surface area contributed by atoms with Crippen molar-refractivity contribution in [3.8, 4) is 28.7 Å². The van der Waals surface area contributed by atoms with Gasteiger partial charge < -0.3 is 23.7 Å². The highest BCUT2D eigenvalue weighted by atomic mass is 16.6. The smallest absolute Gasteiger partial charge is 0.343 e. The van der Waals surface area contributed by atoms with Gasteiger partial charge in [0.25, 0.3) is 5.69 Å². The molecule has 2 aromatic carbocycles. The fourth-order valence-electron chi connectivity index (χ4n) is 2.21. The van der Waals surface area contributed by atoms with Gasteiger partial charge in [0.05, 0.1) is 45.0 Å². The summed E-state index contributed by atoms with van der Waals surface area (Å²) in [6.45, 7) is 0. The Bertz CT molecular complexity index is 809. The highest BCUT2D eigenvalue weighted by molar-refractivity contribution is 5.93. The summed E-state index contributed by atoms with van der Waals surface area (Å²) < 4.78 is 25.9. The van der Waals surface area contributed by atoms with E-state index in [1.165, 1.54) is 52.7 Å². The summed E-state index contributed by atoms with van der Waals surface area (Å²) in [6.07, 6.45) is 0. The van der Waals surface area contributed by atoms with Crippen LogP contribution in [0.4, 0.5) is 5.69 Å². The Morgan fingerprint density at radius 1 is 0.846 bits per heavy atom. The maximum Gasteiger partial charge on any atom is 0.343 e. The third-order valence-electron chi connectivity index (χ3n) is 3.46. The van der Waals surface area contributed by atoms with Gasteiger partial charge in [-0.2, -0.15) is 0 Å². The molecule has 138 valence electrons. The second-order valence-corrected chi connectivity index (χ2v) is 4.90. The Balaban J connectivity index is 2.37. The molecule has 0 fully saturated rings. The molecule has 0 heterocycles. The first-order valence-electron chi connectivity index (χ1n) is 7.29. The highest BCUT2D eigenvalue weighted by Gasteiger charge is 2.20. The van der Waals surface area contributed by atoms with Crippen LogP contribution in [0.1, 0.15) is 10.4 Å². The molecule has 2 rings (SSSR count). The molecule has 9 heteroatoms. The Kier molecular flexibility index (Phi) is 5.84. The minimum Gasteiger partial charge on any atom is -0.493 e. The number of methoxy groups -OCH3 is 4. The van der Waals surface area contributed by atoms with Gasteiger partial charge in [-0.1, -0.05) is 0 Å². The normalized spacial score (nSPS) is 10.0. The van der Waals surface area contributed by atoms with Crippen molar-refractivity contribution >= 4 is 11.7 Å². The Morgan fingerprint density at radius 3 is 1.88 bits per heavy atom. The van der Waals surface area contributed by atoms with Crippen molar-refractivity contribution in [2.45, 2.75) is 0 Å². The van der Waals surface area contributed by atoms with Crippen LogP contribution in [0.3, 0.4) is 0 Å². The summed E-state index contributed by atoms with van der Waals surface area (Å²) in [5, 5.41) is 10.8. The Morgan fingerprint density at radius 2 is 1.42 bits per heavy atom. The minimum atomic E-state index is -0.726. The lowest BCUT2D eigenvalue weighted by atomic mass is 10.2. The number of carbonyl (C=O) groups excluding carboxylic acids is 1. The minimum absolute atomic E-state index is 0.0388. The Labute approximate surface area is 149 Å². The number of esters is 1. The van der Waals surface area contributed by atoms with Crippen molar-refractivity contribution in [1.82, 2.24) is 0 Å². The summed E-state index contributed by atoms with van der Waals surface area (Å²) in [6, 6.07) is 6.52. The molecule has 0 aliphatic rings. The van der Waals surface area contributed by atoms with Gasteiger partial charge in [-0.25, -0.2) is 4.79 Å². The molecule has 0 unspecified atom stereocenters. The molecule has 0 saturated carbocycles. The summed E-state index contributed by atoms with van der Waals surface area (Å²) in [4.78, 5) is 22.7. The first-order chi connectivity index (χ1) is 12.4. The number of rotatable bonds is 7. The van der Waals surface area contributed by atoms with E-state index in [0.29, 0.717) is 5.75 Å². The quantitative estimate of drug-likeness (QED) is 0.320. The molecule has 2 aromatic rings. The largest absolute Gasteiger partial charge is 0.493 e. The molecule has 0 amide bonds. The number of benzene rings is 2. The molecular weight excluding hydrogens is 346 g/mol. The van der Waals surface area contributed by atoms with E-state index < -0.39 is 10.9 Å². The lowest BCUT2D eigenvalue weighted by Crippen LogP contribution is -2.10. The number of ether oxygens (including phenoxy) is 5. The topological polar surface area (TPSA) is 106 Å². The van der Waals surface area contributed by atoms with Crippen LogP contribution in [0.25, 0.3) is 0 Å². The third kappa shape index (κ3) is 3.77. The van der Waals surface area contributed by atoms with Crippen molar-refractivity contribution in [1.29, 1.82) is 0 Å². The summed E-state index contributed by atoms with van der Waals surface area (Å²) in [7, 11) is 5.60. The van der Waals surface area contributed by atoms with Crippen molar-refractivity contribution < 1.29 is 33.4 Å². The van der Waals surface area contributed by atoms with E-state index in [1.54, 1.807) is 0 Å². The first-order valence-corrected chi connectivity index (χ1v) is 7.29. The predicted octanol–water partition coefficient (Wildman–Crippen LogP) is 2.85. The van der Waals surface area contributed by atoms with Crippen LogP contribution < -0.4 is 23.7 Å². The van der Waals surface area contributed by atoms with E-state index in [9.17, 15) is 14.9 Å². The van der Waals surface area contributed by atoms with Gasteiger partial charge in [-0.3, -0.25) is 10.1 Å². The summed E-state index contributed by atoms with van der Waals surface area (Å²) in [5.74, 6) is 0.275. The number of nitrogens with zero attached hydrogens (tertiary/aromatic N) is 1. The second kappa shape index (κ2) is 8.06. The van der Waals surface area contributed by atoms with Crippen LogP contribution in [0.5, 0.6) is 28.7 Å². The van der Waals surface area contributed by atoms with Crippen LogP contribution in [0, 0.1) is 10.1 Å². The number of nitro groups is 1. The van der Waals surface area contributed by atoms with Gasteiger partial charge in [0.15, 0.2) is 23.0 Å². The molecule has 0 bridgehead atoms. The number of non-ortho nitro benzene ring substituents is 1. The molecule has 0 spiro atoms. The maximum absolute atomic E-state index is 12.5. The van der Waals surface area contributed by atoms with Crippen LogP contribution in [-0.2, 0) is 0 Å². The molecule has 26 heavy (non-hydrogen) atoms. The number of nitro benzene ring substituents is 1. The van der Waals surface area contributed by atoms with Crippen molar-refractivity contribution in [3.63, 3.8) is 0 Å². The van der Waals surface area contributed by atoms with E-state index in [0.717, 1.165) is 6.07 Å². The number of carbonyl (C=O) groups is 1. The van der Waals surface area contributed by atoms with Gasteiger partial charge in [0.2, 0.25) is 5.75 Å². The van der Waals surface area contributed by atoms with E-state index in [-0.39, 0.29) is 34.2 Å². The zero-order valence-corrected chi connectivity index (χ0v) is 14.6. The average Bonchev–Trinajstić information content (AvgIpc) is 2.66. The van der Waals surface area contributed by atoms with Gasteiger partial charge in [0, 0.05) is 6.07 Å². The molecule has 0 atom stereocenters. The molecule has 9 nitrogen and oxygen atoms in total. The van der Waals surface area contributed by atoms with Crippen molar-refractivity contribution in [2.75, 3.05) is 28.4 Å². The van der Waals surface area contributed by atoms with Crippen LogP contribution >= 0.6 is 0 Å². The number of hydrogen-bond acceptors (Lipinski definition) is 8. The van der Waals surface area contributed by atoms with Gasteiger partial charge in [0.1, 0.15) is 0 Å². The third-order valence-corrected chi connectivity index (χ3v) is 3.46. The fraction of sp³-hybridized carbons (Fsp3) is 0.235. The van der Waals surface area contributed by atoms with Crippen LogP contribution in [0.2, 0.25) is 0 Å². The predicted molar refractivity (Wildman–Crippen MR) is 90.7 cm³/mol. The van der Waals surface area contributed by atoms with E-state index in [1.807, 2.05) is 0 Å².